The number of halogens is 1. The molecule has 0 aliphatic rings. The first-order valence-corrected chi connectivity index (χ1v) is 7.67. The maximum atomic E-state index is 13.6. The van der Waals surface area contributed by atoms with Gasteiger partial charge in [-0.1, -0.05) is 60.7 Å². The van der Waals surface area contributed by atoms with Crippen LogP contribution in [0, 0.1) is 5.82 Å². The van der Waals surface area contributed by atoms with Crippen molar-refractivity contribution in [3.05, 3.63) is 93.9 Å². The summed E-state index contributed by atoms with van der Waals surface area (Å²) in [4.78, 5) is 12.2. The minimum absolute atomic E-state index is 0.00291. The third kappa shape index (κ3) is 3.07. The number of carbonyl (C=O) groups excluding carboxylic acids is 1. The zero-order chi connectivity index (χ0) is 15.4. The predicted molar refractivity (Wildman–Crippen MR) is 84.4 cm³/mol. The number of ether oxygens (including phenoxy) is 1. The molecule has 2 nitrogen and oxygen atoms in total. The average Bonchev–Trinajstić information content (AvgIpc) is 3.00. The van der Waals surface area contributed by atoms with Crippen molar-refractivity contribution in [1.29, 1.82) is 0 Å². The van der Waals surface area contributed by atoms with E-state index >= 15 is 0 Å². The molecule has 0 bridgehead atoms. The normalized spacial score (nSPS) is 10.6. The largest absolute Gasteiger partial charge is 0.448 e. The minimum Gasteiger partial charge on any atom is -0.448 e. The van der Waals surface area contributed by atoms with E-state index in [1.54, 1.807) is 0 Å². The van der Waals surface area contributed by atoms with Crippen molar-refractivity contribution in [2.24, 2.45) is 0 Å². The lowest BCUT2D eigenvalue weighted by atomic mass is 10.0. The molecular weight excluding hydrogens is 299 g/mol. The number of esters is 1. The molecule has 3 aromatic rings. The standard InChI is InChI=1S/C18H13FO2S/c19-15-11-12-22-17(15)18(20)21-16(13-7-3-1-4-8-13)14-9-5-2-6-10-14/h1-12,16H. The second-order valence-electron chi connectivity index (χ2n) is 4.70. The molecule has 0 aliphatic heterocycles. The van der Waals surface area contributed by atoms with E-state index in [9.17, 15) is 9.18 Å². The zero-order valence-corrected chi connectivity index (χ0v) is 12.4. The van der Waals surface area contributed by atoms with Crippen LogP contribution in [-0.2, 0) is 4.74 Å². The van der Waals surface area contributed by atoms with Crippen LogP contribution in [0.25, 0.3) is 0 Å². The zero-order valence-electron chi connectivity index (χ0n) is 11.6. The van der Waals surface area contributed by atoms with Gasteiger partial charge < -0.3 is 4.74 Å². The molecule has 0 amide bonds. The molecule has 110 valence electrons. The summed E-state index contributed by atoms with van der Waals surface area (Å²) in [6, 6.07) is 20.1. The number of carbonyl (C=O) groups is 1. The van der Waals surface area contributed by atoms with Crippen molar-refractivity contribution in [2.45, 2.75) is 6.10 Å². The molecule has 0 saturated heterocycles. The van der Waals surface area contributed by atoms with Gasteiger partial charge in [-0.25, -0.2) is 9.18 Å². The molecular formula is C18H13FO2S. The van der Waals surface area contributed by atoms with Crippen LogP contribution in [0.4, 0.5) is 4.39 Å². The van der Waals surface area contributed by atoms with Crippen molar-refractivity contribution in [3.63, 3.8) is 0 Å². The van der Waals surface area contributed by atoms with Crippen LogP contribution in [0.3, 0.4) is 0 Å². The van der Waals surface area contributed by atoms with Crippen molar-refractivity contribution >= 4 is 17.3 Å². The number of hydrogen-bond donors (Lipinski definition) is 0. The molecule has 0 aliphatic carbocycles. The van der Waals surface area contributed by atoms with E-state index in [2.05, 4.69) is 0 Å². The highest BCUT2D eigenvalue weighted by Crippen LogP contribution is 2.28. The van der Waals surface area contributed by atoms with Crippen molar-refractivity contribution < 1.29 is 13.9 Å². The highest BCUT2D eigenvalue weighted by Gasteiger charge is 2.22. The fourth-order valence-electron chi connectivity index (χ4n) is 2.18. The second kappa shape index (κ2) is 6.54. The maximum absolute atomic E-state index is 13.6. The van der Waals surface area contributed by atoms with Gasteiger partial charge >= 0.3 is 5.97 Å². The Labute approximate surface area is 131 Å². The molecule has 1 aromatic heterocycles. The summed E-state index contributed by atoms with van der Waals surface area (Å²) < 4.78 is 19.1. The van der Waals surface area contributed by atoms with Gasteiger partial charge in [-0.2, -0.15) is 0 Å². The van der Waals surface area contributed by atoms with Gasteiger partial charge in [-0.05, 0) is 22.6 Å². The Balaban J connectivity index is 1.93. The van der Waals surface area contributed by atoms with Gasteiger partial charge in [0, 0.05) is 0 Å². The number of rotatable bonds is 4. The van der Waals surface area contributed by atoms with Gasteiger partial charge in [0.05, 0.1) is 0 Å². The first kappa shape index (κ1) is 14.5. The van der Waals surface area contributed by atoms with Gasteiger partial charge in [0.15, 0.2) is 6.10 Å². The van der Waals surface area contributed by atoms with Crippen LogP contribution >= 0.6 is 11.3 Å². The summed E-state index contributed by atoms with van der Waals surface area (Å²) in [5.74, 6) is -1.19. The quantitative estimate of drug-likeness (QED) is 0.645. The summed E-state index contributed by atoms with van der Waals surface area (Å²) >= 11 is 1.04. The molecule has 3 rings (SSSR count). The Hall–Kier alpha value is -2.46. The van der Waals surface area contributed by atoms with Crippen LogP contribution in [0.15, 0.2) is 72.1 Å². The fraction of sp³-hybridized carbons (Fsp3) is 0.0556. The lowest BCUT2D eigenvalue weighted by molar-refractivity contribution is 0.0379. The maximum Gasteiger partial charge on any atom is 0.352 e. The minimum atomic E-state index is -0.648. The Morgan fingerprint density at radius 2 is 1.45 bits per heavy atom. The lowest BCUT2D eigenvalue weighted by Gasteiger charge is -2.18. The Kier molecular flexibility index (Phi) is 4.30. The van der Waals surface area contributed by atoms with Crippen LogP contribution < -0.4 is 0 Å². The predicted octanol–water partition coefficient (Wildman–Crippen LogP) is 4.83. The molecule has 0 unspecified atom stereocenters. The molecule has 2 aromatic carbocycles. The van der Waals surface area contributed by atoms with Crippen LogP contribution in [0.2, 0.25) is 0 Å². The number of benzene rings is 2. The highest BCUT2D eigenvalue weighted by atomic mass is 32.1. The fourth-order valence-corrected chi connectivity index (χ4v) is 2.83. The topological polar surface area (TPSA) is 26.3 Å². The van der Waals surface area contributed by atoms with Gasteiger partial charge in [0.25, 0.3) is 0 Å². The first-order chi connectivity index (χ1) is 10.8. The van der Waals surface area contributed by atoms with E-state index in [1.807, 2.05) is 60.7 Å². The monoisotopic (exact) mass is 312 g/mol. The molecule has 22 heavy (non-hydrogen) atoms. The molecule has 0 atom stereocenters. The number of thiophene rings is 1. The summed E-state index contributed by atoms with van der Waals surface area (Å²) in [5, 5.41) is 1.53. The lowest BCUT2D eigenvalue weighted by Crippen LogP contribution is -2.13. The van der Waals surface area contributed by atoms with E-state index in [-0.39, 0.29) is 4.88 Å². The van der Waals surface area contributed by atoms with Gasteiger partial charge in [-0.15, -0.1) is 11.3 Å². The third-order valence-electron chi connectivity index (χ3n) is 3.23. The number of hydrogen-bond acceptors (Lipinski definition) is 3. The molecule has 4 heteroatoms. The summed E-state index contributed by atoms with van der Waals surface area (Å²) in [6.45, 7) is 0. The Morgan fingerprint density at radius 1 is 0.909 bits per heavy atom. The van der Waals surface area contributed by atoms with E-state index in [1.165, 1.54) is 11.4 Å². The van der Waals surface area contributed by atoms with E-state index < -0.39 is 17.9 Å². The van der Waals surface area contributed by atoms with Gasteiger partial charge in [-0.3, -0.25) is 0 Å². The Morgan fingerprint density at radius 3 is 1.91 bits per heavy atom. The summed E-state index contributed by atoms with van der Waals surface area (Å²) in [5.41, 5.74) is 1.69. The van der Waals surface area contributed by atoms with Crippen molar-refractivity contribution in [2.75, 3.05) is 0 Å². The molecule has 0 saturated carbocycles. The van der Waals surface area contributed by atoms with Gasteiger partial charge in [0.1, 0.15) is 10.7 Å². The van der Waals surface area contributed by atoms with E-state index in [0.717, 1.165) is 22.5 Å². The van der Waals surface area contributed by atoms with Crippen LogP contribution in [0.1, 0.15) is 26.9 Å². The SMILES string of the molecule is O=C(OC(c1ccccc1)c1ccccc1)c1sccc1F. The van der Waals surface area contributed by atoms with Crippen molar-refractivity contribution in [1.82, 2.24) is 0 Å². The van der Waals surface area contributed by atoms with Gasteiger partial charge in [0.2, 0.25) is 0 Å². The third-order valence-corrected chi connectivity index (χ3v) is 4.10. The van der Waals surface area contributed by atoms with Crippen LogP contribution in [-0.4, -0.2) is 5.97 Å². The molecule has 1 heterocycles. The second-order valence-corrected chi connectivity index (χ2v) is 5.62. The molecule has 0 radical (unpaired) electrons. The van der Waals surface area contributed by atoms with Crippen LogP contribution in [0.5, 0.6) is 0 Å². The first-order valence-electron chi connectivity index (χ1n) is 6.79. The molecule has 0 spiro atoms. The van der Waals surface area contributed by atoms with E-state index in [0.29, 0.717) is 0 Å². The average molecular weight is 312 g/mol. The summed E-state index contributed by atoms with van der Waals surface area (Å²) in [6.07, 6.45) is -0.559. The van der Waals surface area contributed by atoms with Crippen molar-refractivity contribution in [3.8, 4) is 0 Å². The Bertz CT molecular complexity index is 714. The van der Waals surface area contributed by atoms with E-state index in [4.69, 9.17) is 4.74 Å². The smallest absolute Gasteiger partial charge is 0.352 e. The summed E-state index contributed by atoms with van der Waals surface area (Å²) in [7, 11) is 0. The highest BCUT2D eigenvalue weighted by molar-refractivity contribution is 7.12. The molecule has 0 N–H and O–H groups in total. The molecule has 0 fully saturated rings.